The van der Waals surface area contributed by atoms with Gasteiger partial charge in [-0.3, -0.25) is 19.1 Å². The van der Waals surface area contributed by atoms with Crippen LogP contribution in [0.4, 0.5) is 5.82 Å². The lowest BCUT2D eigenvalue weighted by molar-refractivity contribution is 0.0419. The van der Waals surface area contributed by atoms with E-state index in [0.29, 0.717) is 35.9 Å². The van der Waals surface area contributed by atoms with Crippen molar-refractivity contribution in [1.29, 1.82) is 0 Å². The Labute approximate surface area is 150 Å². The molecule has 0 aliphatic carbocycles. The summed E-state index contributed by atoms with van der Waals surface area (Å²) in [4.78, 5) is 26.9. The van der Waals surface area contributed by atoms with Gasteiger partial charge in [-0.15, -0.1) is 0 Å². The summed E-state index contributed by atoms with van der Waals surface area (Å²) in [6.07, 6.45) is 7.19. The summed E-state index contributed by atoms with van der Waals surface area (Å²) >= 11 is 0. The summed E-state index contributed by atoms with van der Waals surface area (Å²) < 4.78 is 30.7. The van der Waals surface area contributed by atoms with Gasteiger partial charge in [0.1, 0.15) is 5.75 Å². The number of amides is 1. The van der Waals surface area contributed by atoms with E-state index in [4.69, 9.17) is 4.74 Å². The van der Waals surface area contributed by atoms with E-state index in [0.717, 1.165) is 6.26 Å². The smallest absolute Gasteiger partial charge is 0.257 e. The Morgan fingerprint density at radius 1 is 1.19 bits per heavy atom. The zero-order chi connectivity index (χ0) is 18.5. The fraction of sp³-hybridized carbons (Fsp3) is 0.375. The van der Waals surface area contributed by atoms with Crippen molar-refractivity contribution in [1.82, 2.24) is 19.9 Å². The first-order valence-corrected chi connectivity index (χ1v) is 9.77. The molecule has 4 rings (SSSR count). The van der Waals surface area contributed by atoms with Gasteiger partial charge in [-0.25, -0.2) is 13.4 Å². The Morgan fingerprint density at radius 2 is 1.92 bits per heavy atom. The molecular weight excluding hydrogens is 358 g/mol. The Kier molecular flexibility index (Phi) is 3.62. The third-order valence-electron chi connectivity index (χ3n) is 4.77. The molecule has 1 spiro atoms. The van der Waals surface area contributed by atoms with Crippen molar-refractivity contribution >= 4 is 21.7 Å². The Balaban J connectivity index is 1.62. The first-order valence-electron chi connectivity index (χ1n) is 7.92. The van der Waals surface area contributed by atoms with Crippen LogP contribution in [0.1, 0.15) is 16.1 Å². The van der Waals surface area contributed by atoms with Crippen LogP contribution in [0.2, 0.25) is 0 Å². The lowest BCUT2D eigenvalue weighted by atomic mass is 9.78. The zero-order valence-corrected chi connectivity index (χ0v) is 15.1. The van der Waals surface area contributed by atoms with Crippen molar-refractivity contribution in [2.24, 2.45) is 0 Å². The van der Waals surface area contributed by atoms with Crippen molar-refractivity contribution in [3.05, 3.63) is 42.1 Å². The highest BCUT2D eigenvalue weighted by molar-refractivity contribution is 7.92. The third-order valence-corrected chi connectivity index (χ3v) is 5.88. The molecule has 0 N–H and O–H groups in total. The van der Waals surface area contributed by atoms with Gasteiger partial charge in [0.25, 0.3) is 5.91 Å². The summed E-state index contributed by atoms with van der Waals surface area (Å²) in [5.74, 6) is 0.574. The molecule has 0 atom stereocenters. The van der Waals surface area contributed by atoms with Crippen molar-refractivity contribution < 1.29 is 17.9 Å². The number of hydrogen-bond donors (Lipinski definition) is 0. The maximum absolute atomic E-state index is 12.8. The second-order valence-electron chi connectivity index (χ2n) is 6.52. The number of rotatable bonds is 3. The van der Waals surface area contributed by atoms with Crippen LogP contribution in [0.5, 0.6) is 5.75 Å². The number of anilines is 1. The van der Waals surface area contributed by atoms with Crippen LogP contribution in [0.3, 0.4) is 0 Å². The van der Waals surface area contributed by atoms with E-state index < -0.39 is 15.4 Å². The summed E-state index contributed by atoms with van der Waals surface area (Å²) in [6.45, 7) is 0.979. The minimum atomic E-state index is -3.46. The maximum atomic E-state index is 12.8. The lowest BCUT2D eigenvalue weighted by Gasteiger charge is -2.47. The molecular formula is C16H17N5O4S. The quantitative estimate of drug-likeness (QED) is 0.746. The van der Waals surface area contributed by atoms with Crippen LogP contribution in [0, 0.1) is 0 Å². The first kappa shape index (κ1) is 16.7. The van der Waals surface area contributed by atoms with E-state index in [1.807, 2.05) is 0 Å². The number of hydrogen-bond acceptors (Lipinski definition) is 7. The number of carbonyl (C=O) groups is 1. The number of likely N-dealkylation sites (tertiary alicyclic amines) is 1. The number of fused-ring (bicyclic) bond motifs is 2. The fourth-order valence-electron chi connectivity index (χ4n) is 3.55. The molecule has 0 saturated carbocycles. The van der Waals surface area contributed by atoms with E-state index in [1.165, 1.54) is 30.0 Å². The Hall–Kier alpha value is -2.75. The number of nitrogens with zero attached hydrogens (tertiary/aromatic N) is 5. The van der Waals surface area contributed by atoms with E-state index in [2.05, 4.69) is 15.0 Å². The summed E-state index contributed by atoms with van der Waals surface area (Å²) in [5, 5.41) is 0. The monoisotopic (exact) mass is 375 g/mol. The second-order valence-corrected chi connectivity index (χ2v) is 8.42. The average molecular weight is 375 g/mol. The highest BCUT2D eigenvalue weighted by atomic mass is 32.2. The lowest BCUT2D eigenvalue weighted by Crippen LogP contribution is -2.63. The van der Waals surface area contributed by atoms with E-state index in [1.54, 1.807) is 17.2 Å². The Bertz CT molecular complexity index is 988. The van der Waals surface area contributed by atoms with Gasteiger partial charge < -0.3 is 9.64 Å². The predicted molar refractivity (Wildman–Crippen MR) is 92.6 cm³/mol. The highest BCUT2D eigenvalue weighted by Crippen LogP contribution is 2.45. The van der Waals surface area contributed by atoms with Crippen LogP contribution in [0.25, 0.3) is 0 Å². The molecule has 0 aromatic carbocycles. The molecule has 4 heterocycles. The molecule has 0 radical (unpaired) electrons. The van der Waals surface area contributed by atoms with Gasteiger partial charge in [0.2, 0.25) is 10.0 Å². The van der Waals surface area contributed by atoms with Gasteiger partial charge in [-0.1, -0.05) is 0 Å². The van der Waals surface area contributed by atoms with Crippen molar-refractivity contribution in [3.8, 4) is 5.75 Å². The van der Waals surface area contributed by atoms with Crippen molar-refractivity contribution in [3.63, 3.8) is 0 Å². The van der Waals surface area contributed by atoms with E-state index in [-0.39, 0.29) is 12.5 Å². The molecule has 26 heavy (non-hydrogen) atoms. The molecule has 1 saturated heterocycles. The fourth-order valence-corrected chi connectivity index (χ4v) is 4.48. The summed E-state index contributed by atoms with van der Waals surface area (Å²) in [7, 11) is -1.98. The summed E-state index contributed by atoms with van der Waals surface area (Å²) in [6, 6.07) is 1.61. The SMILES string of the molecule is COc1cnccc1C(=O)N1CC2(C1)CN(S(C)(=O)=O)c1nccnc12. The zero-order valence-electron chi connectivity index (χ0n) is 14.3. The van der Waals surface area contributed by atoms with E-state index in [9.17, 15) is 13.2 Å². The molecule has 2 aromatic rings. The van der Waals surface area contributed by atoms with Crippen LogP contribution in [0.15, 0.2) is 30.9 Å². The van der Waals surface area contributed by atoms with E-state index >= 15 is 0 Å². The van der Waals surface area contributed by atoms with Crippen molar-refractivity contribution in [2.45, 2.75) is 5.41 Å². The molecule has 9 nitrogen and oxygen atoms in total. The van der Waals surface area contributed by atoms with Crippen LogP contribution >= 0.6 is 0 Å². The number of carbonyl (C=O) groups excluding carboxylic acids is 1. The minimum absolute atomic E-state index is 0.182. The van der Waals surface area contributed by atoms with Gasteiger partial charge in [-0.2, -0.15) is 0 Å². The average Bonchev–Trinajstić information content (AvgIpc) is 2.96. The van der Waals surface area contributed by atoms with Crippen LogP contribution < -0.4 is 9.04 Å². The predicted octanol–water partition coefficient (Wildman–Crippen LogP) is 0.0536. The molecule has 0 unspecified atom stereocenters. The highest BCUT2D eigenvalue weighted by Gasteiger charge is 2.56. The third kappa shape index (κ3) is 2.40. The van der Waals surface area contributed by atoms with Crippen molar-refractivity contribution in [2.75, 3.05) is 37.3 Å². The number of ether oxygens (including phenoxy) is 1. The number of aromatic nitrogens is 3. The maximum Gasteiger partial charge on any atom is 0.257 e. The molecule has 2 aliphatic rings. The molecule has 1 amide bonds. The number of methoxy groups -OCH3 is 1. The first-order chi connectivity index (χ1) is 12.4. The van der Waals surface area contributed by atoms with Crippen LogP contribution in [-0.2, 0) is 15.4 Å². The van der Waals surface area contributed by atoms with Gasteiger partial charge in [0.15, 0.2) is 5.82 Å². The molecule has 10 heteroatoms. The standard InChI is InChI=1S/C16H17N5O4S/c1-25-12-7-17-4-3-11(12)15(22)20-8-16(9-20)10-21(26(2,23)24)14-13(16)18-5-6-19-14/h3-7H,8-10H2,1-2H3. The number of pyridine rings is 1. The topological polar surface area (TPSA) is 106 Å². The normalized spacial score (nSPS) is 17.8. The Morgan fingerprint density at radius 3 is 2.62 bits per heavy atom. The molecule has 2 aromatic heterocycles. The van der Waals surface area contributed by atoms with Gasteiger partial charge >= 0.3 is 0 Å². The molecule has 2 aliphatic heterocycles. The minimum Gasteiger partial charge on any atom is -0.494 e. The van der Waals surface area contributed by atoms with Gasteiger partial charge in [0.05, 0.1) is 42.8 Å². The largest absolute Gasteiger partial charge is 0.494 e. The van der Waals surface area contributed by atoms with Gasteiger partial charge in [0, 0.05) is 31.7 Å². The molecule has 136 valence electrons. The van der Waals surface area contributed by atoms with Crippen LogP contribution in [-0.4, -0.2) is 67.2 Å². The van der Waals surface area contributed by atoms with Gasteiger partial charge in [-0.05, 0) is 6.07 Å². The molecule has 1 fully saturated rings. The summed E-state index contributed by atoms with van der Waals surface area (Å²) in [5.41, 5.74) is 0.522. The molecule has 0 bridgehead atoms. The second kappa shape index (κ2) is 5.63. The number of sulfonamides is 1.